The fourth-order valence-electron chi connectivity index (χ4n) is 3.57. The lowest BCUT2D eigenvalue weighted by Crippen LogP contribution is -2.10. The summed E-state index contributed by atoms with van der Waals surface area (Å²) >= 11 is 2.04. The second-order valence-corrected chi connectivity index (χ2v) is 11.4. The molecule has 1 N–H and O–H groups in total. The maximum absolute atomic E-state index is 12.7. The van der Waals surface area contributed by atoms with E-state index in [1.807, 2.05) is 36.4 Å². The van der Waals surface area contributed by atoms with Gasteiger partial charge in [0.25, 0.3) is 5.91 Å². The number of nitro groups is 1. The molecule has 0 bridgehead atoms. The van der Waals surface area contributed by atoms with Gasteiger partial charge in [0.15, 0.2) is 5.13 Å². The third-order valence-electron chi connectivity index (χ3n) is 5.51. The second-order valence-electron chi connectivity index (χ2n) is 9.33. The first-order chi connectivity index (χ1) is 17.1. The molecule has 0 aliphatic heterocycles. The molecule has 0 radical (unpaired) electrons. The molecule has 0 aliphatic carbocycles. The van der Waals surface area contributed by atoms with E-state index in [0.29, 0.717) is 21.6 Å². The van der Waals surface area contributed by atoms with Crippen LogP contribution in [0.25, 0.3) is 11.3 Å². The summed E-state index contributed by atoms with van der Waals surface area (Å²) in [7, 11) is 0. The van der Waals surface area contributed by atoms with Crippen molar-refractivity contribution in [3.8, 4) is 22.1 Å². The van der Waals surface area contributed by atoms with Gasteiger partial charge < -0.3 is 4.74 Å². The van der Waals surface area contributed by atoms with Gasteiger partial charge in [-0.1, -0.05) is 93.2 Å². The molecule has 0 atom stereocenters. The number of rotatable bonds is 8. The molecule has 7 nitrogen and oxygen atoms in total. The smallest absolute Gasteiger partial charge is 0.324 e. The number of aromatic nitrogens is 1. The van der Waals surface area contributed by atoms with Gasteiger partial charge in [-0.3, -0.25) is 20.2 Å². The SMILES string of the molecule is CCCc1ccc(Oc2sc(NC(=O)c3ccc([N+](=O)[O-])s3)nc2-c2ccc(C(C)(C)C)cc2)cc1. The van der Waals surface area contributed by atoms with Gasteiger partial charge in [-0.15, -0.1) is 0 Å². The molecule has 0 aliphatic rings. The molecular formula is C27H27N3O4S2. The lowest BCUT2D eigenvalue weighted by atomic mass is 9.86. The topological polar surface area (TPSA) is 94.4 Å². The van der Waals surface area contributed by atoms with E-state index in [1.165, 1.54) is 34.6 Å². The predicted octanol–water partition coefficient (Wildman–Crippen LogP) is 8.07. The van der Waals surface area contributed by atoms with Crippen LogP contribution in [0, 0.1) is 10.1 Å². The number of anilines is 1. The molecular weight excluding hydrogens is 494 g/mol. The number of benzene rings is 2. The van der Waals surface area contributed by atoms with E-state index in [4.69, 9.17) is 4.74 Å². The fourth-order valence-corrected chi connectivity index (χ4v) is 5.14. The van der Waals surface area contributed by atoms with Crippen molar-refractivity contribution >= 4 is 38.7 Å². The summed E-state index contributed by atoms with van der Waals surface area (Å²) in [5.41, 5.74) is 3.94. The van der Waals surface area contributed by atoms with E-state index >= 15 is 0 Å². The maximum Gasteiger partial charge on any atom is 0.324 e. The molecule has 0 saturated carbocycles. The number of nitrogens with one attached hydrogen (secondary N) is 1. The van der Waals surface area contributed by atoms with Gasteiger partial charge >= 0.3 is 5.00 Å². The van der Waals surface area contributed by atoms with E-state index in [0.717, 1.165) is 29.7 Å². The predicted molar refractivity (Wildman–Crippen MR) is 146 cm³/mol. The molecule has 0 fully saturated rings. The molecule has 0 spiro atoms. The van der Waals surface area contributed by atoms with Crippen LogP contribution in [-0.2, 0) is 11.8 Å². The lowest BCUT2D eigenvalue weighted by molar-refractivity contribution is -0.380. The summed E-state index contributed by atoms with van der Waals surface area (Å²) in [5.74, 6) is 0.227. The molecule has 2 aromatic carbocycles. The number of hydrogen-bond acceptors (Lipinski definition) is 7. The van der Waals surface area contributed by atoms with Crippen molar-refractivity contribution in [2.24, 2.45) is 0 Å². The van der Waals surface area contributed by atoms with Gasteiger partial charge in [0.1, 0.15) is 11.4 Å². The molecule has 0 saturated heterocycles. The van der Waals surface area contributed by atoms with Crippen molar-refractivity contribution in [1.82, 2.24) is 4.98 Å². The standard InChI is InChI=1S/C27H27N3O4S2/c1-5-6-17-7-13-20(14-8-17)34-25-23(18-9-11-19(12-10-18)27(2,3)4)28-26(36-25)29-24(31)21-15-16-22(35-21)30(32)33/h7-16H,5-6H2,1-4H3,(H,28,29,31). The van der Waals surface area contributed by atoms with Crippen molar-refractivity contribution in [2.45, 2.75) is 46.0 Å². The molecule has 9 heteroatoms. The largest absolute Gasteiger partial charge is 0.444 e. The molecule has 1 amide bonds. The summed E-state index contributed by atoms with van der Waals surface area (Å²) < 4.78 is 6.22. The number of nitrogens with zero attached hydrogens (tertiary/aromatic N) is 2. The van der Waals surface area contributed by atoms with Crippen LogP contribution in [-0.4, -0.2) is 15.8 Å². The van der Waals surface area contributed by atoms with Gasteiger partial charge in [0, 0.05) is 11.6 Å². The highest BCUT2D eigenvalue weighted by atomic mass is 32.1. The van der Waals surface area contributed by atoms with Crippen molar-refractivity contribution in [3.63, 3.8) is 0 Å². The highest BCUT2D eigenvalue weighted by molar-refractivity contribution is 7.19. The summed E-state index contributed by atoms with van der Waals surface area (Å²) in [6, 6.07) is 18.9. The Morgan fingerprint density at radius 3 is 2.31 bits per heavy atom. The minimum atomic E-state index is -0.512. The molecule has 36 heavy (non-hydrogen) atoms. The lowest BCUT2D eigenvalue weighted by Gasteiger charge is -2.19. The summed E-state index contributed by atoms with van der Waals surface area (Å²) in [4.78, 5) is 28.1. The monoisotopic (exact) mass is 521 g/mol. The molecule has 0 unspecified atom stereocenters. The molecule has 4 rings (SSSR count). The third-order valence-corrected chi connectivity index (χ3v) is 7.39. The number of thiazole rings is 1. The van der Waals surface area contributed by atoms with Crippen molar-refractivity contribution in [2.75, 3.05) is 5.32 Å². The first kappa shape index (κ1) is 25.5. The van der Waals surface area contributed by atoms with Crippen LogP contribution < -0.4 is 10.1 Å². The first-order valence-electron chi connectivity index (χ1n) is 11.6. The van der Waals surface area contributed by atoms with Crippen LogP contribution >= 0.6 is 22.7 Å². The number of aryl methyl sites for hydroxylation is 1. The normalized spacial score (nSPS) is 11.3. The van der Waals surface area contributed by atoms with Crippen LogP contribution in [0.5, 0.6) is 10.8 Å². The van der Waals surface area contributed by atoms with Crippen LogP contribution in [0.2, 0.25) is 0 Å². The minimum absolute atomic E-state index is 0.0165. The Hall–Kier alpha value is -3.56. The summed E-state index contributed by atoms with van der Waals surface area (Å²) in [6.07, 6.45) is 2.07. The molecule has 186 valence electrons. The van der Waals surface area contributed by atoms with Crippen molar-refractivity contribution in [3.05, 3.63) is 86.8 Å². The van der Waals surface area contributed by atoms with Crippen LogP contribution in [0.3, 0.4) is 0 Å². The highest BCUT2D eigenvalue weighted by Gasteiger charge is 2.21. The number of ether oxygens (including phenoxy) is 1. The van der Waals surface area contributed by atoms with E-state index in [9.17, 15) is 14.9 Å². The van der Waals surface area contributed by atoms with Crippen LogP contribution in [0.4, 0.5) is 10.1 Å². The number of amides is 1. The average Bonchev–Trinajstić information content (AvgIpc) is 3.48. The number of hydrogen-bond donors (Lipinski definition) is 1. The Balaban J connectivity index is 1.64. The Kier molecular flexibility index (Phi) is 7.51. The number of carbonyl (C=O) groups excluding carboxylic acids is 1. The zero-order chi connectivity index (χ0) is 25.9. The quantitative estimate of drug-likeness (QED) is 0.187. The van der Waals surface area contributed by atoms with Crippen LogP contribution in [0.15, 0.2) is 60.7 Å². The molecule has 2 heterocycles. The maximum atomic E-state index is 12.7. The third kappa shape index (κ3) is 5.98. The Morgan fingerprint density at radius 1 is 1.03 bits per heavy atom. The van der Waals surface area contributed by atoms with Gasteiger partial charge in [0.05, 0.1) is 9.80 Å². The number of thiophene rings is 1. The molecule has 4 aromatic rings. The fraction of sp³-hybridized carbons (Fsp3) is 0.259. The van der Waals surface area contributed by atoms with Crippen molar-refractivity contribution < 1.29 is 14.5 Å². The van der Waals surface area contributed by atoms with Crippen molar-refractivity contribution in [1.29, 1.82) is 0 Å². The van der Waals surface area contributed by atoms with Gasteiger partial charge in [-0.2, -0.15) is 0 Å². The number of carbonyl (C=O) groups is 1. The molecule has 2 aromatic heterocycles. The zero-order valence-corrected chi connectivity index (χ0v) is 22.2. The Morgan fingerprint density at radius 2 is 1.72 bits per heavy atom. The van der Waals surface area contributed by atoms with E-state index < -0.39 is 10.8 Å². The second kappa shape index (κ2) is 10.6. The Bertz CT molecular complexity index is 1370. The average molecular weight is 522 g/mol. The minimum Gasteiger partial charge on any atom is -0.444 e. The van der Waals surface area contributed by atoms with E-state index in [-0.39, 0.29) is 15.3 Å². The van der Waals surface area contributed by atoms with Gasteiger partial charge in [0.2, 0.25) is 5.06 Å². The Labute approximate surface area is 218 Å². The zero-order valence-electron chi connectivity index (χ0n) is 20.5. The van der Waals surface area contributed by atoms with Crippen LogP contribution in [0.1, 0.15) is 54.9 Å². The first-order valence-corrected chi connectivity index (χ1v) is 13.2. The van der Waals surface area contributed by atoms with E-state index in [2.05, 4.69) is 50.1 Å². The van der Waals surface area contributed by atoms with Gasteiger partial charge in [-0.05, 0) is 41.2 Å². The van der Waals surface area contributed by atoms with Gasteiger partial charge in [-0.25, -0.2) is 4.98 Å². The summed E-state index contributed by atoms with van der Waals surface area (Å²) in [6.45, 7) is 8.61. The summed E-state index contributed by atoms with van der Waals surface area (Å²) in [5, 5.41) is 14.6. The highest BCUT2D eigenvalue weighted by Crippen LogP contribution is 2.41. The van der Waals surface area contributed by atoms with E-state index in [1.54, 1.807) is 0 Å².